The number of fused-ring (bicyclic) bond motifs is 2. The average molecular weight is 557 g/mol. The first-order valence-electron chi connectivity index (χ1n) is 12.9. The summed E-state index contributed by atoms with van der Waals surface area (Å²) in [4.78, 5) is 16.6. The van der Waals surface area contributed by atoms with Gasteiger partial charge in [-0.2, -0.15) is 4.98 Å². The highest BCUT2D eigenvalue weighted by atomic mass is 79.9. The van der Waals surface area contributed by atoms with Crippen LogP contribution in [0.1, 0.15) is 44.7 Å². The van der Waals surface area contributed by atoms with E-state index in [1.54, 1.807) is 17.3 Å². The Labute approximate surface area is 218 Å². The first kappa shape index (κ1) is 24.9. The summed E-state index contributed by atoms with van der Waals surface area (Å²) in [6.07, 6.45) is 6.53. The standard InChI is InChI=1S/C27H38BrN5OSi/c1-26(2,3)35(4,5)15-14-34-19-33-24-23(30-22(28)18-29-24)31-25(33)32-12-10-27(11-13-32)16-20-8-6-7-9-21(20)17-27/h6-9,18H,10-17,19H2,1-5H3. The summed E-state index contributed by atoms with van der Waals surface area (Å²) in [5, 5.41) is 0.366. The summed E-state index contributed by atoms with van der Waals surface area (Å²) in [6.45, 7) is 15.2. The number of hydrogen-bond acceptors (Lipinski definition) is 5. The molecular weight excluding hydrogens is 518 g/mol. The van der Waals surface area contributed by atoms with Gasteiger partial charge < -0.3 is 9.64 Å². The lowest BCUT2D eigenvalue weighted by atomic mass is 9.76. The molecule has 35 heavy (non-hydrogen) atoms. The van der Waals surface area contributed by atoms with Crippen molar-refractivity contribution in [3.8, 4) is 0 Å². The Morgan fingerprint density at radius 2 is 1.71 bits per heavy atom. The maximum Gasteiger partial charge on any atom is 0.211 e. The van der Waals surface area contributed by atoms with Gasteiger partial charge in [-0.05, 0) is 69.2 Å². The van der Waals surface area contributed by atoms with E-state index in [4.69, 9.17) is 9.72 Å². The van der Waals surface area contributed by atoms with E-state index in [1.807, 2.05) is 0 Å². The molecule has 3 heterocycles. The van der Waals surface area contributed by atoms with E-state index in [0.717, 1.165) is 37.3 Å². The van der Waals surface area contributed by atoms with E-state index in [0.29, 0.717) is 27.4 Å². The summed E-state index contributed by atoms with van der Waals surface area (Å²) in [5.41, 5.74) is 4.96. The largest absolute Gasteiger partial charge is 0.361 e. The highest BCUT2D eigenvalue weighted by Gasteiger charge is 2.40. The van der Waals surface area contributed by atoms with Crippen LogP contribution in [0.4, 0.5) is 5.95 Å². The third kappa shape index (κ3) is 4.94. The van der Waals surface area contributed by atoms with E-state index in [9.17, 15) is 0 Å². The maximum absolute atomic E-state index is 6.27. The third-order valence-corrected chi connectivity index (χ3v) is 14.8. The molecule has 1 saturated heterocycles. The van der Waals surface area contributed by atoms with Crippen molar-refractivity contribution >= 4 is 41.2 Å². The average Bonchev–Trinajstić information content (AvgIpc) is 3.34. The number of ether oxygens (including phenoxy) is 1. The number of aromatic nitrogens is 4. The van der Waals surface area contributed by atoms with Gasteiger partial charge in [-0.15, -0.1) is 0 Å². The SMILES string of the molecule is CC(C)(C)[Si](C)(C)CCOCn1c(N2CCC3(CC2)Cc2ccccc2C3)nc2nc(Br)cnc21. The second-order valence-corrected chi connectivity index (χ2v) is 18.8. The zero-order valence-electron chi connectivity index (χ0n) is 21.8. The van der Waals surface area contributed by atoms with E-state index in [2.05, 4.69) is 93.5 Å². The number of rotatable bonds is 6. The van der Waals surface area contributed by atoms with Crippen LogP contribution < -0.4 is 4.90 Å². The topological polar surface area (TPSA) is 56.1 Å². The van der Waals surface area contributed by atoms with Gasteiger partial charge in [0.1, 0.15) is 11.3 Å². The van der Waals surface area contributed by atoms with E-state index in [1.165, 1.54) is 25.7 Å². The summed E-state index contributed by atoms with van der Waals surface area (Å²) in [6, 6.07) is 10.1. The highest BCUT2D eigenvalue weighted by molar-refractivity contribution is 9.10. The van der Waals surface area contributed by atoms with Crippen LogP contribution in [0.3, 0.4) is 0 Å². The minimum atomic E-state index is -1.37. The summed E-state index contributed by atoms with van der Waals surface area (Å²) in [5.74, 6) is 0.941. The molecule has 188 valence electrons. The van der Waals surface area contributed by atoms with Gasteiger partial charge in [0.25, 0.3) is 0 Å². The van der Waals surface area contributed by atoms with Crippen molar-refractivity contribution in [1.82, 2.24) is 19.5 Å². The lowest BCUT2D eigenvalue weighted by molar-refractivity contribution is 0.0894. The van der Waals surface area contributed by atoms with Crippen LogP contribution in [0.25, 0.3) is 11.3 Å². The minimum absolute atomic E-state index is 0.366. The van der Waals surface area contributed by atoms with Gasteiger partial charge in [0.05, 0.1) is 14.3 Å². The first-order valence-corrected chi connectivity index (χ1v) is 16.9. The second kappa shape index (κ2) is 9.27. The van der Waals surface area contributed by atoms with E-state index in [-0.39, 0.29) is 0 Å². The van der Waals surface area contributed by atoms with Gasteiger partial charge in [-0.3, -0.25) is 4.57 Å². The molecule has 2 aromatic heterocycles. The van der Waals surface area contributed by atoms with Gasteiger partial charge in [-0.1, -0.05) is 58.1 Å². The molecule has 8 heteroatoms. The molecule has 5 rings (SSSR count). The summed E-state index contributed by atoms with van der Waals surface area (Å²) < 4.78 is 9.10. The van der Waals surface area contributed by atoms with Gasteiger partial charge >= 0.3 is 0 Å². The first-order chi connectivity index (χ1) is 16.6. The lowest BCUT2D eigenvalue weighted by Gasteiger charge is -2.40. The van der Waals surface area contributed by atoms with Gasteiger partial charge in [0.2, 0.25) is 11.6 Å². The number of halogens is 1. The Morgan fingerprint density at radius 3 is 2.34 bits per heavy atom. The zero-order valence-corrected chi connectivity index (χ0v) is 24.4. The molecular formula is C27H38BrN5OSi. The molecule has 6 nitrogen and oxygen atoms in total. The molecule has 0 saturated carbocycles. The van der Waals surface area contributed by atoms with Crippen molar-refractivity contribution in [3.05, 3.63) is 46.2 Å². The van der Waals surface area contributed by atoms with Crippen LogP contribution in [-0.4, -0.2) is 47.3 Å². The van der Waals surface area contributed by atoms with Crippen LogP contribution in [0.15, 0.2) is 35.1 Å². The van der Waals surface area contributed by atoms with E-state index >= 15 is 0 Å². The molecule has 0 atom stereocenters. The number of piperidine rings is 1. The van der Waals surface area contributed by atoms with Gasteiger partial charge in [0, 0.05) is 19.7 Å². The molecule has 0 unspecified atom stereocenters. The van der Waals surface area contributed by atoms with Gasteiger partial charge in [-0.25, -0.2) is 9.97 Å². The van der Waals surface area contributed by atoms with Crippen molar-refractivity contribution in [1.29, 1.82) is 0 Å². The van der Waals surface area contributed by atoms with E-state index < -0.39 is 8.07 Å². The van der Waals surface area contributed by atoms with Crippen molar-refractivity contribution in [2.45, 2.75) is 77.4 Å². The van der Waals surface area contributed by atoms with Crippen LogP contribution in [0, 0.1) is 5.41 Å². The van der Waals surface area contributed by atoms with Crippen molar-refractivity contribution < 1.29 is 4.74 Å². The zero-order chi connectivity index (χ0) is 24.8. The maximum atomic E-state index is 6.27. The molecule has 1 spiro atoms. The van der Waals surface area contributed by atoms with Crippen LogP contribution in [0.5, 0.6) is 0 Å². The second-order valence-electron chi connectivity index (χ2n) is 12.2. The Bertz CT molecular complexity index is 1180. The summed E-state index contributed by atoms with van der Waals surface area (Å²) in [7, 11) is -1.37. The Balaban J connectivity index is 1.31. The fourth-order valence-corrected chi connectivity index (χ4v) is 7.07. The molecule has 1 fully saturated rings. The van der Waals surface area contributed by atoms with Crippen LogP contribution in [0.2, 0.25) is 24.2 Å². The molecule has 0 radical (unpaired) electrons. The third-order valence-electron chi connectivity index (χ3n) is 8.89. The Morgan fingerprint density at radius 1 is 1.06 bits per heavy atom. The Kier molecular flexibility index (Phi) is 6.59. The number of imidazole rings is 1. The predicted molar refractivity (Wildman–Crippen MR) is 149 cm³/mol. The molecule has 2 aliphatic rings. The fraction of sp³-hybridized carbons (Fsp3) is 0.593. The normalized spacial score (nSPS) is 17.9. The van der Waals surface area contributed by atoms with Crippen molar-refractivity contribution in [3.63, 3.8) is 0 Å². The van der Waals surface area contributed by atoms with Crippen LogP contribution >= 0.6 is 15.9 Å². The minimum Gasteiger partial charge on any atom is -0.361 e. The number of nitrogens with zero attached hydrogens (tertiary/aromatic N) is 5. The monoisotopic (exact) mass is 555 g/mol. The fourth-order valence-electron chi connectivity index (χ4n) is 5.39. The van der Waals surface area contributed by atoms with Crippen molar-refractivity contribution in [2.24, 2.45) is 5.41 Å². The predicted octanol–water partition coefficient (Wildman–Crippen LogP) is 6.46. The van der Waals surface area contributed by atoms with Crippen LogP contribution in [-0.2, 0) is 24.3 Å². The van der Waals surface area contributed by atoms with Gasteiger partial charge in [0.15, 0.2) is 5.65 Å². The highest BCUT2D eigenvalue weighted by Crippen LogP contribution is 2.45. The molecule has 0 amide bonds. The molecule has 1 aliphatic carbocycles. The number of hydrogen-bond donors (Lipinski definition) is 0. The Hall–Kier alpha value is -1.77. The molecule has 3 aromatic rings. The molecule has 0 bridgehead atoms. The molecule has 1 aliphatic heterocycles. The lowest BCUT2D eigenvalue weighted by Crippen LogP contribution is -2.42. The number of anilines is 1. The number of benzene rings is 1. The van der Waals surface area contributed by atoms with Crippen molar-refractivity contribution in [2.75, 3.05) is 24.6 Å². The molecule has 0 N–H and O–H groups in total. The molecule has 1 aromatic carbocycles. The quantitative estimate of drug-likeness (QED) is 0.258. The smallest absolute Gasteiger partial charge is 0.211 e. The summed E-state index contributed by atoms with van der Waals surface area (Å²) >= 11 is 3.46.